The van der Waals surface area contributed by atoms with E-state index in [-0.39, 0.29) is 18.0 Å². The van der Waals surface area contributed by atoms with Crippen molar-refractivity contribution >= 4 is 61.4 Å². The topological polar surface area (TPSA) is 108 Å². The maximum Gasteiger partial charge on any atom is 0.307 e. The van der Waals surface area contributed by atoms with Gasteiger partial charge in [-0.15, -0.1) is 0 Å². The minimum absolute atomic E-state index is 0.143. The van der Waals surface area contributed by atoms with Gasteiger partial charge in [0, 0.05) is 55.6 Å². The van der Waals surface area contributed by atoms with Crippen LogP contribution in [-0.4, -0.2) is 129 Å². The van der Waals surface area contributed by atoms with E-state index in [0.717, 1.165) is 127 Å². The van der Waals surface area contributed by atoms with E-state index < -0.39 is 0 Å². The van der Waals surface area contributed by atoms with Gasteiger partial charge in [0.05, 0.1) is 32.2 Å². The van der Waals surface area contributed by atoms with Gasteiger partial charge in [-0.2, -0.15) is 0 Å². The summed E-state index contributed by atoms with van der Waals surface area (Å²) in [6, 6.07) is 18.2. The maximum absolute atomic E-state index is 12.6. The molecule has 0 aliphatic heterocycles. The van der Waals surface area contributed by atoms with Gasteiger partial charge in [0.15, 0.2) is 0 Å². The molecule has 0 fully saturated rings. The number of aryl methyl sites for hydroxylation is 4. The third kappa shape index (κ3) is 48.7. The molecule has 0 saturated heterocycles. The van der Waals surface area contributed by atoms with Crippen molar-refractivity contribution in [1.82, 2.24) is 15.1 Å². The van der Waals surface area contributed by atoms with Crippen molar-refractivity contribution in [3.8, 4) is 0 Å². The van der Waals surface area contributed by atoms with E-state index in [1.165, 1.54) is 130 Å². The number of carbonyl (C=O) groups is 3. The predicted octanol–water partition coefficient (Wildman–Crippen LogP) is 16.2. The van der Waals surface area contributed by atoms with Crippen LogP contribution in [-0.2, 0) is 49.5 Å². The lowest BCUT2D eigenvalue weighted by atomic mass is 10.1. The Labute approximate surface area is 494 Å². The number of esters is 2. The first-order valence-electron chi connectivity index (χ1n) is 31.0. The van der Waals surface area contributed by atoms with E-state index in [0.29, 0.717) is 39.1 Å². The summed E-state index contributed by atoms with van der Waals surface area (Å²) in [5.41, 5.74) is 5.74. The Kier molecular flexibility index (Phi) is 54.0. The summed E-state index contributed by atoms with van der Waals surface area (Å²) >= 11 is 0. The molecule has 0 aromatic heterocycles. The SMILES string of the molecule is CCCCCCC(O)C/C=C/CCCCCCCC=O.CCCc1ccc(CCSSCCCCCCOC(=O)CCN(CCCN(C)CCNC)CCC(=O)OCCCCCCSSCCc2ccc(CCC)cc2)cc1. The van der Waals surface area contributed by atoms with Crippen LogP contribution in [0.4, 0.5) is 0 Å². The Morgan fingerprint density at radius 2 is 0.987 bits per heavy atom. The Morgan fingerprint density at radius 1 is 0.526 bits per heavy atom. The molecule has 0 radical (unpaired) electrons. The number of likely N-dealkylation sites (N-methyl/N-ethyl adjacent to an activating group) is 2. The number of nitrogens with one attached hydrogen (secondary N) is 1. The van der Waals surface area contributed by atoms with Crippen LogP contribution in [0.5, 0.6) is 0 Å². The quantitative estimate of drug-likeness (QED) is 0.0216. The monoisotopic (exact) mass is 1160 g/mol. The molecule has 78 heavy (non-hydrogen) atoms. The Balaban J connectivity index is 0.00000128. The highest BCUT2D eigenvalue weighted by Crippen LogP contribution is 2.25. The molecular weight excluding hydrogens is 1050 g/mol. The smallest absolute Gasteiger partial charge is 0.307 e. The van der Waals surface area contributed by atoms with Gasteiger partial charge in [-0.05, 0) is 139 Å². The van der Waals surface area contributed by atoms with E-state index in [9.17, 15) is 19.5 Å². The molecule has 2 aromatic carbocycles. The van der Waals surface area contributed by atoms with Crippen LogP contribution in [0.15, 0.2) is 60.7 Å². The third-order valence-electron chi connectivity index (χ3n) is 13.7. The average Bonchev–Trinajstić information content (AvgIpc) is 3.44. The molecule has 1 atom stereocenters. The van der Waals surface area contributed by atoms with E-state index in [1.807, 2.05) is 50.2 Å². The summed E-state index contributed by atoms with van der Waals surface area (Å²) in [4.78, 5) is 39.9. The highest BCUT2D eigenvalue weighted by Gasteiger charge is 2.13. The van der Waals surface area contributed by atoms with Crippen LogP contribution in [0, 0.1) is 0 Å². The van der Waals surface area contributed by atoms with Crippen LogP contribution >= 0.6 is 43.2 Å². The fourth-order valence-corrected chi connectivity index (χ4v) is 13.1. The van der Waals surface area contributed by atoms with E-state index in [4.69, 9.17) is 9.47 Å². The molecule has 0 spiro atoms. The Hall–Kier alpha value is -1.97. The van der Waals surface area contributed by atoms with E-state index in [1.54, 1.807) is 0 Å². The number of hydrogen-bond donors (Lipinski definition) is 2. The highest BCUT2D eigenvalue weighted by molar-refractivity contribution is 8.77. The number of allylic oxidation sites excluding steroid dienone is 1. The van der Waals surface area contributed by atoms with Gasteiger partial charge < -0.3 is 34.5 Å². The number of aliphatic hydroxyl groups is 1. The van der Waals surface area contributed by atoms with Crippen LogP contribution in [0.25, 0.3) is 0 Å². The standard InChI is InChI=1S/C47H79N3O4S4.C18H34O2/c1-5-16-42-18-22-44(23-19-42)28-40-57-55-38-13-9-7-11-36-53-46(51)26-33-50(32-15-31-49(4)35-30-48-3)34-27-47(52)54-37-12-8-10-14-39-56-58-41-29-45-24-20-43(17-6-2)21-25-45;1-2-3-4-12-15-18(20)16-13-10-8-6-5-7-9-11-14-17-19/h18-25,48H,5-17,26-41H2,1-4H3;10,13,17-18,20H,2-9,11-12,14-16H2,1H3/b;13-10+. The van der Waals surface area contributed by atoms with E-state index in [2.05, 4.69) is 104 Å². The largest absolute Gasteiger partial charge is 0.466 e. The van der Waals surface area contributed by atoms with Crippen LogP contribution in [0.2, 0.25) is 0 Å². The van der Waals surface area contributed by atoms with Crippen LogP contribution in [0.1, 0.15) is 210 Å². The summed E-state index contributed by atoms with van der Waals surface area (Å²) in [6.07, 6.45) is 37.1. The van der Waals surface area contributed by atoms with Crippen molar-refractivity contribution in [2.24, 2.45) is 0 Å². The van der Waals surface area contributed by atoms with Crippen molar-refractivity contribution in [2.75, 3.05) is 89.6 Å². The number of ether oxygens (including phenoxy) is 2. The van der Waals surface area contributed by atoms with Gasteiger partial charge in [-0.25, -0.2) is 0 Å². The lowest BCUT2D eigenvalue weighted by Gasteiger charge is -2.23. The number of carbonyl (C=O) groups excluding carboxylic acids is 3. The second-order valence-corrected chi connectivity index (χ2v) is 26.4. The molecule has 448 valence electrons. The molecule has 13 heteroatoms. The summed E-state index contributed by atoms with van der Waals surface area (Å²) in [5, 5.41) is 13.0. The van der Waals surface area contributed by atoms with E-state index >= 15 is 0 Å². The molecule has 2 N–H and O–H groups in total. The fourth-order valence-electron chi connectivity index (χ4n) is 8.76. The highest BCUT2D eigenvalue weighted by atomic mass is 33.1. The van der Waals surface area contributed by atoms with Crippen molar-refractivity contribution in [1.29, 1.82) is 0 Å². The molecule has 0 heterocycles. The normalized spacial score (nSPS) is 11.8. The fraction of sp³-hybridized carbons (Fsp3) is 0.738. The van der Waals surface area contributed by atoms with Crippen LogP contribution < -0.4 is 5.32 Å². The predicted molar refractivity (Wildman–Crippen MR) is 346 cm³/mol. The van der Waals surface area contributed by atoms with Gasteiger partial charge in [0.25, 0.3) is 0 Å². The number of rotatable bonds is 54. The van der Waals surface area contributed by atoms with Crippen molar-refractivity contribution in [3.05, 3.63) is 82.9 Å². The van der Waals surface area contributed by atoms with Gasteiger partial charge >= 0.3 is 11.9 Å². The molecular formula is C65H113N3O6S4. The van der Waals surface area contributed by atoms with Crippen LogP contribution in [0.3, 0.4) is 0 Å². The summed E-state index contributed by atoms with van der Waals surface area (Å²) in [7, 11) is 12.0. The number of aliphatic hydroxyl groups excluding tert-OH is 1. The van der Waals surface area contributed by atoms with Crippen molar-refractivity contribution in [2.45, 2.75) is 219 Å². The minimum Gasteiger partial charge on any atom is -0.466 e. The molecule has 0 saturated carbocycles. The summed E-state index contributed by atoms with van der Waals surface area (Å²) in [6.45, 7) is 12.6. The van der Waals surface area contributed by atoms with Gasteiger partial charge in [0.2, 0.25) is 0 Å². The first kappa shape index (κ1) is 74.0. The summed E-state index contributed by atoms with van der Waals surface area (Å²) in [5.74, 6) is 4.36. The molecule has 0 bridgehead atoms. The van der Waals surface area contributed by atoms with Crippen molar-refractivity contribution in [3.63, 3.8) is 0 Å². The number of hydrogen-bond acceptors (Lipinski definition) is 13. The zero-order chi connectivity index (χ0) is 56.6. The maximum atomic E-state index is 12.6. The second kappa shape index (κ2) is 56.9. The number of nitrogens with zero attached hydrogens (tertiary/aromatic N) is 2. The van der Waals surface area contributed by atoms with Crippen molar-refractivity contribution < 1.29 is 29.0 Å². The first-order valence-corrected chi connectivity index (χ1v) is 36.0. The molecule has 0 aliphatic carbocycles. The molecule has 0 aliphatic rings. The zero-order valence-corrected chi connectivity index (χ0v) is 53.4. The molecule has 0 amide bonds. The Morgan fingerprint density at radius 3 is 1.49 bits per heavy atom. The number of aldehydes is 1. The Bertz CT molecular complexity index is 1590. The lowest BCUT2D eigenvalue weighted by Crippen LogP contribution is -2.34. The lowest BCUT2D eigenvalue weighted by molar-refractivity contribution is -0.144. The molecule has 2 rings (SSSR count). The zero-order valence-electron chi connectivity index (χ0n) is 50.1. The third-order valence-corrected chi connectivity index (χ3v) is 18.7. The first-order chi connectivity index (χ1) is 38.2. The second-order valence-electron chi connectivity index (χ2n) is 21.0. The molecule has 1 unspecified atom stereocenters. The van der Waals surface area contributed by atoms with Gasteiger partial charge in [0.1, 0.15) is 6.29 Å². The molecule has 9 nitrogen and oxygen atoms in total. The number of benzene rings is 2. The van der Waals surface area contributed by atoms with Gasteiger partial charge in [-0.1, -0.05) is 208 Å². The van der Waals surface area contributed by atoms with Gasteiger partial charge in [-0.3, -0.25) is 9.59 Å². The summed E-state index contributed by atoms with van der Waals surface area (Å²) < 4.78 is 11.2. The number of unbranched alkanes of at least 4 members (excludes halogenated alkanes) is 15. The average molecular weight is 1160 g/mol. The molecule has 2 aromatic rings. The minimum atomic E-state index is -0.147.